The van der Waals surface area contributed by atoms with Crippen LogP contribution in [0.4, 0.5) is 26.3 Å². The van der Waals surface area contributed by atoms with Crippen LogP contribution in [0.3, 0.4) is 0 Å². The van der Waals surface area contributed by atoms with Crippen LogP contribution in [0, 0.1) is 29.5 Å². The number of halogens is 6. The van der Waals surface area contributed by atoms with Gasteiger partial charge in [0.1, 0.15) is 17.3 Å². The molecule has 5 rings (SSSR count). The molecule has 10 heteroatoms. The smallest absolute Gasteiger partial charge is 0.432 e. The standard InChI is InChI=1S/C35H44F6O4/c1-2-3-4-5-23-21-42-33(43-22-23)27-12-19-31(32(36)20-27)26-8-6-24(7-9-26)25-10-13-28(14-11-25)34(37,38)44-29-15-17-30(18-16-29)45-35(39,40)41/h12,15-20,23-26,28,33H,2-11,13-14,21-22H2,1H3. The first kappa shape index (κ1) is 33.9. The number of alkyl halides is 5. The molecular weight excluding hydrogens is 598 g/mol. The van der Waals surface area contributed by atoms with Gasteiger partial charge < -0.3 is 18.9 Å². The van der Waals surface area contributed by atoms with Crippen molar-refractivity contribution in [2.24, 2.45) is 23.7 Å². The highest BCUT2D eigenvalue weighted by Gasteiger charge is 2.45. The van der Waals surface area contributed by atoms with Gasteiger partial charge in [0.05, 0.1) is 19.1 Å². The van der Waals surface area contributed by atoms with E-state index in [0.717, 1.165) is 61.9 Å². The molecule has 3 fully saturated rings. The summed E-state index contributed by atoms with van der Waals surface area (Å²) in [6.07, 6.45) is 1.40. The summed E-state index contributed by atoms with van der Waals surface area (Å²) in [4.78, 5) is 0. The van der Waals surface area contributed by atoms with Gasteiger partial charge in [0, 0.05) is 11.5 Å². The molecule has 45 heavy (non-hydrogen) atoms. The normalized spacial score (nSPS) is 28.1. The fraction of sp³-hybridized carbons (Fsp3) is 0.657. The predicted octanol–water partition coefficient (Wildman–Crippen LogP) is 10.7. The van der Waals surface area contributed by atoms with Gasteiger partial charge in [-0.1, -0.05) is 38.3 Å². The maximum absolute atomic E-state index is 15.3. The van der Waals surface area contributed by atoms with E-state index in [0.29, 0.717) is 62.2 Å². The predicted molar refractivity (Wildman–Crippen MR) is 158 cm³/mol. The summed E-state index contributed by atoms with van der Waals surface area (Å²) in [6.45, 7) is 3.45. The van der Waals surface area contributed by atoms with Gasteiger partial charge >= 0.3 is 12.5 Å². The van der Waals surface area contributed by atoms with Crippen LogP contribution >= 0.6 is 0 Å². The molecule has 0 bridgehead atoms. The Hall–Kier alpha value is -2.46. The third kappa shape index (κ3) is 9.31. The van der Waals surface area contributed by atoms with Crippen LogP contribution in [0.2, 0.25) is 0 Å². The molecule has 0 N–H and O–H groups in total. The summed E-state index contributed by atoms with van der Waals surface area (Å²) >= 11 is 0. The molecule has 4 nitrogen and oxygen atoms in total. The van der Waals surface area contributed by atoms with Gasteiger partial charge in [-0.2, -0.15) is 8.78 Å². The quantitative estimate of drug-likeness (QED) is 0.181. The lowest BCUT2D eigenvalue weighted by Gasteiger charge is -2.39. The van der Waals surface area contributed by atoms with Crippen molar-refractivity contribution in [3.8, 4) is 11.5 Å². The molecule has 0 atom stereocenters. The fourth-order valence-electron chi connectivity index (χ4n) is 7.38. The lowest BCUT2D eigenvalue weighted by Crippen LogP contribution is -2.38. The minimum atomic E-state index is -4.86. The van der Waals surface area contributed by atoms with Gasteiger partial charge in [-0.25, -0.2) is 4.39 Å². The van der Waals surface area contributed by atoms with Gasteiger partial charge in [-0.05, 0) is 111 Å². The molecule has 2 aromatic carbocycles. The van der Waals surface area contributed by atoms with Crippen LogP contribution < -0.4 is 9.47 Å². The number of ether oxygens (including phenoxy) is 4. The maximum Gasteiger partial charge on any atom is 0.573 e. The Morgan fingerprint density at radius 3 is 1.87 bits per heavy atom. The minimum absolute atomic E-state index is 0.133. The monoisotopic (exact) mass is 642 g/mol. The second-order valence-corrected chi connectivity index (χ2v) is 13.0. The molecule has 1 saturated heterocycles. The Morgan fingerprint density at radius 2 is 1.31 bits per heavy atom. The Balaban J connectivity index is 1.05. The van der Waals surface area contributed by atoms with Crippen LogP contribution in [0.15, 0.2) is 42.5 Å². The summed E-state index contributed by atoms with van der Waals surface area (Å²) in [6, 6.07) is 9.36. The van der Waals surface area contributed by atoms with E-state index < -0.39 is 30.4 Å². The summed E-state index contributed by atoms with van der Waals surface area (Å²) < 4.78 is 103. The first-order valence-corrected chi connectivity index (χ1v) is 16.5. The highest BCUT2D eigenvalue weighted by atomic mass is 19.4. The first-order chi connectivity index (χ1) is 21.5. The Bertz CT molecular complexity index is 1200. The minimum Gasteiger partial charge on any atom is -0.432 e. The van der Waals surface area contributed by atoms with E-state index in [4.69, 9.17) is 14.2 Å². The van der Waals surface area contributed by atoms with Gasteiger partial charge in [0.2, 0.25) is 0 Å². The number of unbranched alkanes of at least 4 members (excludes halogenated alkanes) is 2. The molecule has 1 aliphatic heterocycles. The average molecular weight is 643 g/mol. The van der Waals surface area contributed by atoms with Crippen molar-refractivity contribution < 1.29 is 45.3 Å². The van der Waals surface area contributed by atoms with Gasteiger partial charge in [0.15, 0.2) is 6.29 Å². The first-order valence-electron chi connectivity index (χ1n) is 16.5. The molecule has 1 heterocycles. The molecule has 0 spiro atoms. The van der Waals surface area contributed by atoms with Crippen LogP contribution in [0.25, 0.3) is 0 Å². The summed E-state index contributed by atoms with van der Waals surface area (Å²) in [5.74, 6) is -0.601. The SMILES string of the molecule is CCCCCC1COC(c2ccc(C3CCC(C4CCC(C(F)(F)Oc5ccc(OC(F)(F)F)cc5)CC4)CC3)c(F)c2)OC1. The Morgan fingerprint density at radius 1 is 0.733 bits per heavy atom. The highest BCUT2D eigenvalue weighted by Crippen LogP contribution is 2.47. The second-order valence-electron chi connectivity index (χ2n) is 13.0. The highest BCUT2D eigenvalue weighted by molar-refractivity contribution is 5.32. The zero-order chi connectivity index (χ0) is 32.0. The molecule has 3 aliphatic rings. The second kappa shape index (κ2) is 15.0. The van der Waals surface area contributed by atoms with Gasteiger partial charge in [-0.15, -0.1) is 13.2 Å². The Labute approximate surface area is 261 Å². The molecule has 2 aliphatic carbocycles. The van der Waals surface area contributed by atoms with E-state index in [1.807, 2.05) is 12.1 Å². The summed E-state index contributed by atoms with van der Waals surface area (Å²) in [7, 11) is 0. The van der Waals surface area contributed by atoms with Crippen molar-refractivity contribution in [3.63, 3.8) is 0 Å². The maximum atomic E-state index is 15.3. The average Bonchev–Trinajstić information content (AvgIpc) is 3.02. The van der Waals surface area contributed by atoms with E-state index in [9.17, 15) is 22.0 Å². The van der Waals surface area contributed by atoms with E-state index in [1.54, 1.807) is 6.07 Å². The molecule has 0 amide bonds. The Kier molecular flexibility index (Phi) is 11.3. The van der Waals surface area contributed by atoms with E-state index >= 15 is 4.39 Å². The van der Waals surface area contributed by atoms with Crippen LogP contribution in [-0.4, -0.2) is 25.7 Å². The molecule has 0 aromatic heterocycles. The van der Waals surface area contributed by atoms with Crippen molar-refractivity contribution in [3.05, 3.63) is 59.4 Å². The fourth-order valence-corrected chi connectivity index (χ4v) is 7.38. The lowest BCUT2D eigenvalue weighted by molar-refractivity contribution is -0.274. The van der Waals surface area contributed by atoms with Crippen LogP contribution in [-0.2, 0) is 9.47 Å². The molecule has 0 radical (unpaired) electrons. The van der Waals surface area contributed by atoms with E-state index in [-0.39, 0.29) is 17.5 Å². The van der Waals surface area contributed by atoms with Crippen molar-refractivity contribution in [1.29, 1.82) is 0 Å². The third-order valence-electron chi connectivity index (χ3n) is 9.92. The van der Waals surface area contributed by atoms with Crippen molar-refractivity contribution in [2.75, 3.05) is 13.2 Å². The molecule has 2 aromatic rings. The summed E-state index contributed by atoms with van der Waals surface area (Å²) in [5, 5.41) is 0. The number of hydrogen-bond donors (Lipinski definition) is 0. The molecular formula is C35H44F6O4. The van der Waals surface area contributed by atoms with Crippen molar-refractivity contribution in [1.82, 2.24) is 0 Å². The number of hydrogen-bond acceptors (Lipinski definition) is 4. The number of benzene rings is 2. The third-order valence-corrected chi connectivity index (χ3v) is 9.92. The topological polar surface area (TPSA) is 36.9 Å². The molecule has 250 valence electrons. The molecule has 2 saturated carbocycles. The van der Waals surface area contributed by atoms with Crippen LogP contribution in [0.1, 0.15) is 107 Å². The molecule has 0 unspecified atom stereocenters. The summed E-state index contributed by atoms with van der Waals surface area (Å²) in [5.41, 5.74) is 1.44. The van der Waals surface area contributed by atoms with E-state index in [1.165, 1.54) is 19.3 Å². The zero-order valence-corrected chi connectivity index (χ0v) is 25.8. The van der Waals surface area contributed by atoms with Crippen molar-refractivity contribution >= 4 is 0 Å². The van der Waals surface area contributed by atoms with Gasteiger partial charge in [-0.3, -0.25) is 0 Å². The van der Waals surface area contributed by atoms with E-state index in [2.05, 4.69) is 11.7 Å². The van der Waals surface area contributed by atoms with Crippen molar-refractivity contribution in [2.45, 2.75) is 109 Å². The zero-order valence-electron chi connectivity index (χ0n) is 25.8. The van der Waals surface area contributed by atoms with Crippen LogP contribution in [0.5, 0.6) is 11.5 Å². The van der Waals surface area contributed by atoms with Gasteiger partial charge in [0.25, 0.3) is 0 Å². The largest absolute Gasteiger partial charge is 0.573 e. The lowest BCUT2D eigenvalue weighted by atomic mass is 9.68. The number of rotatable bonds is 11.